The van der Waals surface area contributed by atoms with Crippen molar-refractivity contribution in [2.45, 2.75) is 43.8 Å². The van der Waals surface area contributed by atoms with Crippen LogP contribution in [0.4, 0.5) is 13.2 Å². The lowest BCUT2D eigenvalue weighted by Gasteiger charge is -2.15. The number of amides is 1. The SMILES string of the molecule is Cc1ccc(S(=O)(=O)NCCCC(=O)NC(C)c2ccc(C(F)(F)F)cc2)cc1. The zero-order chi connectivity index (χ0) is 21.7. The molecule has 0 saturated carbocycles. The first-order valence-electron chi connectivity index (χ1n) is 9.02. The van der Waals surface area contributed by atoms with Crippen molar-refractivity contribution in [3.63, 3.8) is 0 Å². The van der Waals surface area contributed by atoms with Crippen LogP contribution in [0.3, 0.4) is 0 Å². The van der Waals surface area contributed by atoms with Crippen molar-refractivity contribution in [2.24, 2.45) is 0 Å². The van der Waals surface area contributed by atoms with Gasteiger partial charge in [-0.15, -0.1) is 0 Å². The predicted molar refractivity (Wildman–Crippen MR) is 104 cm³/mol. The zero-order valence-electron chi connectivity index (χ0n) is 16.1. The molecule has 1 unspecified atom stereocenters. The molecule has 0 aliphatic rings. The predicted octanol–water partition coefficient (Wildman–Crippen LogP) is 3.95. The summed E-state index contributed by atoms with van der Waals surface area (Å²) in [6.45, 7) is 3.62. The molecule has 0 aromatic heterocycles. The van der Waals surface area contributed by atoms with Crippen molar-refractivity contribution in [3.05, 3.63) is 65.2 Å². The smallest absolute Gasteiger partial charge is 0.350 e. The van der Waals surface area contributed by atoms with Crippen LogP contribution in [-0.4, -0.2) is 20.9 Å². The summed E-state index contributed by atoms with van der Waals surface area (Å²) in [7, 11) is -3.63. The van der Waals surface area contributed by atoms with Crippen molar-refractivity contribution in [2.75, 3.05) is 6.54 Å². The van der Waals surface area contributed by atoms with Crippen molar-refractivity contribution in [3.8, 4) is 0 Å². The molecular weight excluding hydrogens is 405 g/mol. The molecule has 2 aromatic rings. The fourth-order valence-electron chi connectivity index (χ4n) is 2.61. The highest BCUT2D eigenvalue weighted by atomic mass is 32.2. The van der Waals surface area contributed by atoms with E-state index in [-0.39, 0.29) is 30.2 Å². The van der Waals surface area contributed by atoms with Crippen molar-refractivity contribution in [1.29, 1.82) is 0 Å². The molecule has 0 heterocycles. The van der Waals surface area contributed by atoms with E-state index in [0.29, 0.717) is 5.56 Å². The molecule has 2 rings (SSSR count). The number of nitrogens with one attached hydrogen (secondary N) is 2. The highest BCUT2D eigenvalue weighted by Gasteiger charge is 2.30. The Kier molecular flexibility index (Phi) is 7.43. The average Bonchev–Trinajstić information content (AvgIpc) is 2.65. The van der Waals surface area contributed by atoms with Crippen LogP contribution in [0.1, 0.15) is 42.5 Å². The Hall–Kier alpha value is -2.39. The number of sulfonamides is 1. The highest BCUT2D eigenvalue weighted by Crippen LogP contribution is 2.29. The quantitative estimate of drug-likeness (QED) is 0.625. The van der Waals surface area contributed by atoms with E-state index >= 15 is 0 Å². The van der Waals surface area contributed by atoms with E-state index in [4.69, 9.17) is 0 Å². The maximum absolute atomic E-state index is 12.6. The lowest BCUT2D eigenvalue weighted by Crippen LogP contribution is -2.29. The van der Waals surface area contributed by atoms with Gasteiger partial charge in [-0.2, -0.15) is 13.2 Å². The van der Waals surface area contributed by atoms with Gasteiger partial charge < -0.3 is 5.32 Å². The standard InChI is InChI=1S/C20H23F3N2O3S/c1-14-5-11-18(12-6-14)29(27,28)24-13-3-4-19(26)25-15(2)16-7-9-17(10-8-16)20(21,22)23/h5-12,15,24H,3-4,13H2,1-2H3,(H,25,26). The number of aryl methyl sites for hydroxylation is 1. The molecule has 2 N–H and O–H groups in total. The number of alkyl halides is 3. The normalized spacial score (nSPS) is 13.1. The van der Waals surface area contributed by atoms with Gasteiger partial charge in [0.2, 0.25) is 15.9 Å². The second-order valence-corrected chi connectivity index (χ2v) is 8.49. The van der Waals surface area contributed by atoms with E-state index in [1.165, 1.54) is 24.3 Å². The van der Waals surface area contributed by atoms with Gasteiger partial charge in [0.1, 0.15) is 0 Å². The fourth-order valence-corrected chi connectivity index (χ4v) is 3.69. The first-order valence-corrected chi connectivity index (χ1v) is 10.5. The topological polar surface area (TPSA) is 75.3 Å². The van der Waals surface area contributed by atoms with Crippen molar-refractivity contribution in [1.82, 2.24) is 10.0 Å². The van der Waals surface area contributed by atoms with Crippen LogP contribution in [-0.2, 0) is 21.0 Å². The minimum Gasteiger partial charge on any atom is -0.350 e. The number of carbonyl (C=O) groups excluding carboxylic acids is 1. The maximum atomic E-state index is 12.6. The number of benzene rings is 2. The fraction of sp³-hybridized carbons (Fsp3) is 0.350. The summed E-state index contributed by atoms with van der Waals surface area (Å²) in [5, 5.41) is 2.69. The van der Waals surface area contributed by atoms with E-state index in [9.17, 15) is 26.4 Å². The molecule has 5 nitrogen and oxygen atoms in total. The molecule has 29 heavy (non-hydrogen) atoms. The van der Waals surface area contributed by atoms with Crippen LogP contribution < -0.4 is 10.0 Å². The van der Waals surface area contributed by atoms with E-state index in [1.54, 1.807) is 19.1 Å². The van der Waals surface area contributed by atoms with E-state index < -0.39 is 27.8 Å². The van der Waals surface area contributed by atoms with Crippen LogP contribution in [0.25, 0.3) is 0 Å². The summed E-state index contributed by atoms with van der Waals surface area (Å²) in [6, 6.07) is 10.5. The molecule has 0 bridgehead atoms. The monoisotopic (exact) mass is 428 g/mol. The number of carbonyl (C=O) groups is 1. The zero-order valence-corrected chi connectivity index (χ0v) is 16.9. The first-order chi connectivity index (χ1) is 13.5. The Balaban J connectivity index is 1.78. The van der Waals surface area contributed by atoms with Gasteiger partial charge in [0.05, 0.1) is 16.5 Å². The van der Waals surface area contributed by atoms with E-state index in [0.717, 1.165) is 17.7 Å². The van der Waals surface area contributed by atoms with Gasteiger partial charge >= 0.3 is 6.18 Å². The third-order valence-electron chi connectivity index (χ3n) is 4.32. The van der Waals surface area contributed by atoms with Crippen molar-refractivity contribution >= 4 is 15.9 Å². The van der Waals surface area contributed by atoms with Gasteiger partial charge in [-0.1, -0.05) is 29.8 Å². The number of rotatable bonds is 8. The largest absolute Gasteiger partial charge is 0.416 e. The van der Waals surface area contributed by atoms with Crippen LogP contribution in [0.15, 0.2) is 53.4 Å². The number of halogens is 3. The lowest BCUT2D eigenvalue weighted by atomic mass is 10.1. The molecule has 0 saturated heterocycles. The summed E-state index contributed by atoms with van der Waals surface area (Å²) in [4.78, 5) is 12.2. The Morgan fingerprint density at radius 3 is 2.17 bits per heavy atom. The molecule has 1 atom stereocenters. The van der Waals surface area contributed by atoms with Gasteiger partial charge in [0, 0.05) is 13.0 Å². The second kappa shape index (κ2) is 9.41. The minimum atomic E-state index is -4.41. The Morgan fingerprint density at radius 1 is 1.03 bits per heavy atom. The van der Waals surface area contributed by atoms with Gasteiger partial charge in [-0.25, -0.2) is 13.1 Å². The van der Waals surface area contributed by atoms with E-state index in [2.05, 4.69) is 10.0 Å². The molecule has 0 aliphatic heterocycles. The molecule has 0 aliphatic carbocycles. The van der Waals surface area contributed by atoms with Gasteiger partial charge in [0.15, 0.2) is 0 Å². The highest BCUT2D eigenvalue weighted by molar-refractivity contribution is 7.89. The third-order valence-corrected chi connectivity index (χ3v) is 5.80. The minimum absolute atomic E-state index is 0.0847. The van der Waals surface area contributed by atoms with Crippen LogP contribution in [0.5, 0.6) is 0 Å². The summed E-state index contributed by atoms with van der Waals surface area (Å²) >= 11 is 0. The summed E-state index contributed by atoms with van der Waals surface area (Å²) < 4.78 is 64.5. The molecule has 2 aromatic carbocycles. The first kappa shape index (κ1) is 22.9. The second-order valence-electron chi connectivity index (χ2n) is 6.72. The molecule has 0 fully saturated rings. The van der Waals surface area contributed by atoms with Gasteiger partial charge in [-0.3, -0.25) is 4.79 Å². The van der Waals surface area contributed by atoms with E-state index in [1.807, 2.05) is 6.92 Å². The summed E-state index contributed by atoms with van der Waals surface area (Å²) in [6.07, 6.45) is -4.03. The molecule has 9 heteroatoms. The summed E-state index contributed by atoms with van der Waals surface area (Å²) in [5.41, 5.74) is 0.745. The Bertz CT molecular complexity index is 925. The summed E-state index contributed by atoms with van der Waals surface area (Å²) in [5.74, 6) is -0.313. The van der Waals surface area contributed by atoms with Crippen LogP contribution in [0, 0.1) is 6.92 Å². The average molecular weight is 428 g/mol. The molecule has 0 radical (unpaired) electrons. The van der Waals surface area contributed by atoms with Crippen LogP contribution in [0.2, 0.25) is 0 Å². The Morgan fingerprint density at radius 2 is 1.62 bits per heavy atom. The number of hydrogen-bond donors (Lipinski definition) is 2. The van der Waals surface area contributed by atoms with Gasteiger partial charge in [0.25, 0.3) is 0 Å². The molecular formula is C20H23F3N2O3S. The maximum Gasteiger partial charge on any atom is 0.416 e. The number of hydrogen-bond acceptors (Lipinski definition) is 3. The van der Waals surface area contributed by atoms with Crippen molar-refractivity contribution < 1.29 is 26.4 Å². The lowest BCUT2D eigenvalue weighted by molar-refractivity contribution is -0.137. The van der Waals surface area contributed by atoms with Crippen LogP contribution >= 0.6 is 0 Å². The Labute approximate surface area is 168 Å². The van der Waals surface area contributed by atoms with Gasteiger partial charge in [-0.05, 0) is 50.1 Å². The molecule has 158 valence electrons. The molecule has 1 amide bonds. The third kappa shape index (κ3) is 6.86. The molecule has 0 spiro atoms.